The highest BCUT2D eigenvalue weighted by Gasteiger charge is 1.98. The predicted octanol–water partition coefficient (Wildman–Crippen LogP) is 1.68. The molecule has 0 amide bonds. The lowest BCUT2D eigenvalue weighted by Gasteiger charge is -2.01. The van der Waals surface area contributed by atoms with E-state index in [4.69, 9.17) is 10.9 Å². The minimum Gasteiger partial charge on any atom is -0.368 e. The van der Waals surface area contributed by atoms with Crippen LogP contribution in [0.3, 0.4) is 0 Å². The Bertz CT molecular complexity index is 338. The minimum absolute atomic E-state index is 0.0375. The molecule has 0 atom stereocenters. The molecule has 0 saturated heterocycles. The summed E-state index contributed by atoms with van der Waals surface area (Å²) in [7, 11) is 0. The summed E-state index contributed by atoms with van der Waals surface area (Å²) in [5.74, 6) is -0.0375. The van der Waals surface area contributed by atoms with Gasteiger partial charge in [0.25, 0.3) is 0 Å². The molecular weight excluding hydrogens is 234 g/mol. The van der Waals surface area contributed by atoms with E-state index >= 15 is 0 Å². The van der Waals surface area contributed by atoms with E-state index in [1.807, 2.05) is 25.1 Å². The normalized spacial score (nSPS) is 11.5. The lowest BCUT2D eigenvalue weighted by Crippen LogP contribution is -2.27. The van der Waals surface area contributed by atoms with Crippen molar-refractivity contribution in [2.45, 2.75) is 6.92 Å². The van der Waals surface area contributed by atoms with Crippen molar-refractivity contribution >= 4 is 27.6 Å². The number of hydrogen-bond donors (Lipinski definition) is 3. The second-order valence-corrected chi connectivity index (χ2v) is 3.42. The minimum atomic E-state index is -0.0375. The maximum atomic E-state index is 8.42. The van der Waals surface area contributed by atoms with E-state index in [0.29, 0.717) is 5.69 Å². The first-order chi connectivity index (χ1) is 6.13. The summed E-state index contributed by atoms with van der Waals surface area (Å²) >= 11 is 3.33. The third kappa shape index (κ3) is 2.71. The lowest BCUT2D eigenvalue weighted by atomic mass is 10.2. The lowest BCUT2D eigenvalue weighted by molar-refractivity contribution is 0.233. The third-order valence-corrected chi connectivity index (χ3v) is 2.09. The summed E-state index contributed by atoms with van der Waals surface area (Å²) in [6.07, 6.45) is 0. The first kappa shape index (κ1) is 10.0. The molecular formula is C8H10BrN3O. The summed E-state index contributed by atoms with van der Waals surface area (Å²) in [5.41, 5.74) is 8.84. The maximum absolute atomic E-state index is 8.42. The molecule has 0 aromatic heterocycles. The molecule has 13 heavy (non-hydrogen) atoms. The molecule has 0 fully saturated rings. The van der Waals surface area contributed by atoms with Gasteiger partial charge < -0.3 is 5.73 Å². The van der Waals surface area contributed by atoms with Gasteiger partial charge in [0, 0.05) is 4.47 Å². The molecule has 0 heterocycles. The Balaban J connectivity index is 3.03. The van der Waals surface area contributed by atoms with Gasteiger partial charge in [-0.2, -0.15) is 0 Å². The highest BCUT2D eigenvalue weighted by Crippen LogP contribution is 2.25. The van der Waals surface area contributed by atoms with Crippen LogP contribution in [0.2, 0.25) is 0 Å². The van der Waals surface area contributed by atoms with E-state index in [1.54, 1.807) is 5.48 Å². The van der Waals surface area contributed by atoms with Gasteiger partial charge in [0.15, 0.2) is 0 Å². The number of nitrogens with two attached hydrogens (primary N) is 1. The van der Waals surface area contributed by atoms with E-state index in [-0.39, 0.29) is 5.96 Å². The van der Waals surface area contributed by atoms with Gasteiger partial charge in [-0.3, -0.25) is 5.21 Å². The van der Waals surface area contributed by atoms with Gasteiger partial charge in [0.2, 0.25) is 5.96 Å². The van der Waals surface area contributed by atoms with Crippen LogP contribution in [0.4, 0.5) is 5.69 Å². The van der Waals surface area contributed by atoms with Crippen LogP contribution in [0, 0.1) is 6.92 Å². The van der Waals surface area contributed by atoms with Crippen molar-refractivity contribution in [3.05, 3.63) is 28.2 Å². The van der Waals surface area contributed by atoms with Gasteiger partial charge in [0.1, 0.15) is 0 Å². The van der Waals surface area contributed by atoms with Crippen LogP contribution in [-0.2, 0) is 0 Å². The fourth-order valence-electron chi connectivity index (χ4n) is 0.857. The van der Waals surface area contributed by atoms with Crippen molar-refractivity contribution in [1.82, 2.24) is 5.48 Å². The van der Waals surface area contributed by atoms with E-state index in [2.05, 4.69) is 20.9 Å². The van der Waals surface area contributed by atoms with Gasteiger partial charge in [-0.05, 0) is 40.5 Å². The van der Waals surface area contributed by atoms with Crippen molar-refractivity contribution in [1.29, 1.82) is 0 Å². The number of rotatable bonds is 1. The molecule has 0 saturated carbocycles. The molecule has 70 valence electrons. The monoisotopic (exact) mass is 243 g/mol. The van der Waals surface area contributed by atoms with E-state index in [0.717, 1.165) is 10.0 Å². The molecule has 4 N–H and O–H groups in total. The zero-order valence-electron chi connectivity index (χ0n) is 7.08. The molecule has 0 spiro atoms. The van der Waals surface area contributed by atoms with Gasteiger partial charge in [0.05, 0.1) is 5.69 Å². The number of aryl methyl sites for hydroxylation is 1. The highest BCUT2D eigenvalue weighted by molar-refractivity contribution is 9.10. The Morgan fingerprint density at radius 1 is 1.62 bits per heavy atom. The molecule has 1 aromatic carbocycles. The quantitative estimate of drug-likeness (QED) is 0.400. The van der Waals surface area contributed by atoms with Crippen LogP contribution in [0.1, 0.15) is 5.56 Å². The van der Waals surface area contributed by atoms with Gasteiger partial charge >= 0.3 is 0 Å². The average molecular weight is 244 g/mol. The number of benzene rings is 1. The van der Waals surface area contributed by atoms with E-state index < -0.39 is 0 Å². The molecule has 1 aromatic rings. The number of aliphatic imine (C=N–C) groups is 1. The van der Waals surface area contributed by atoms with Crippen molar-refractivity contribution < 1.29 is 5.21 Å². The molecule has 0 unspecified atom stereocenters. The molecule has 5 heteroatoms. The van der Waals surface area contributed by atoms with Crippen molar-refractivity contribution in [2.24, 2.45) is 10.7 Å². The van der Waals surface area contributed by atoms with Crippen LogP contribution < -0.4 is 11.2 Å². The fraction of sp³-hybridized carbons (Fsp3) is 0.125. The number of halogens is 1. The van der Waals surface area contributed by atoms with Crippen LogP contribution >= 0.6 is 15.9 Å². The molecule has 0 aliphatic carbocycles. The van der Waals surface area contributed by atoms with Crippen LogP contribution in [0.15, 0.2) is 27.7 Å². The van der Waals surface area contributed by atoms with E-state index in [9.17, 15) is 0 Å². The molecule has 4 nitrogen and oxygen atoms in total. The largest absolute Gasteiger partial charge is 0.368 e. The molecule has 0 bridgehead atoms. The van der Waals surface area contributed by atoms with Gasteiger partial charge in [-0.15, -0.1) is 0 Å². The number of nitrogens with one attached hydrogen (secondary N) is 1. The summed E-state index contributed by atoms with van der Waals surface area (Å²) in [4.78, 5) is 3.90. The first-order valence-corrected chi connectivity index (χ1v) is 4.43. The number of guanidine groups is 1. The van der Waals surface area contributed by atoms with Gasteiger partial charge in [-0.1, -0.05) is 6.07 Å². The maximum Gasteiger partial charge on any atom is 0.218 e. The second-order valence-electron chi connectivity index (χ2n) is 2.56. The molecule has 1 rings (SSSR count). The smallest absolute Gasteiger partial charge is 0.218 e. The fourth-order valence-corrected chi connectivity index (χ4v) is 1.44. The molecule has 0 aliphatic rings. The number of hydrogen-bond acceptors (Lipinski definition) is 2. The molecule has 0 radical (unpaired) electrons. The van der Waals surface area contributed by atoms with Crippen LogP contribution in [0.5, 0.6) is 0 Å². The molecule has 0 aliphatic heterocycles. The summed E-state index contributed by atoms with van der Waals surface area (Å²) in [5, 5.41) is 8.42. The summed E-state index contributed by atoms with van der Waals surface area (Å²) < 4.78 is 0.839. The Kier molecular flexibility index (Phi) is 3.27. The summed E-state index contributed by atoms with van der Waals surface area (Å²) in [6, 6.07) is 5.64. The van der Waals surface area contributed by atoms with Crippen LogP contribution in [0.25, 0.3) is 0 Å². The highest BCUT2D eigenvalue weighted by atomic mass is 79.9. The Labute approximate surface area is 84.6 Å². The van der Waals surface area contributed by atoms with E-state index in [1.165, 1.54) is 0 Å². The first-order valence-electron chi connectivity index (χ1n) is 3.64. The van der Waals surface area contributed by atoms with Crippen LogP contribution in [-0.4, -0.2) is 11.2 Å². The second kappa shape index (κ2) is 4.25. The van der Waals surface area contributed by atoms with Crippen molar-refractivity contribution in [3.63, 3.8) is 0 Å². The summed E-state index contributed by atoms with van der Waals surface area (Å²) in [6.45, 7) is 1.98. The predicted molar refractivity (Wildman–Crippen MR) is 55.1 cm³/mol. The SMILES string of the molecule is Cc1ccc(N=C(N)NO)c(Br)c1. The third-order valence-electron chi connectivity index (χ3n) is 1.46. The van der Waals surface area contributed by atoms with Crippen molar-refractivity contribution in [3.8, 4) is 0 Å². The average Bonchev–Trinajstić information content (AvgIpc) is 2.09. The van der Waals surface area contributed by atoms with Gasteiger partial charge in [-0.25, -0.2) is 10.5 Å². The standard InChI is InChI=1S/C8H10BrN3O/c1-5-2-3-7(6(9)4-5)11-8(10)12-13/h2-4,13H,1H3,(H3,10,11,12). The number of hydroxylamine groups is 1. The van der Waals surface area contributed by atoms with Crippen molar-refractivity contribution in [2.75, 3.05) is 0 Å². The number of nitrogens with zero attached hydrogens (tertiary/aromatic N) is 1. The Hall–Kier alpha value is -1.07. The zero-order chi connectivity index (χ0) is 9.84. The zero-order valence-corrected chi connectivity index (χ0v) is 8.67. The topological polar surface area (TPSA) is 70.6 Å². The Morgan fingerprint density at radius 2 is 2.31 bits per heavy atom. The Morgan fingerprint density at radius 3 is 2.85 bits per heavy atom.